The van der Waals surface area contributed by atoms with E-state index >= 15 is 0 Å². The van der Waals surface area contributed by atoms with Gasteiger partial charge < -0.3 is 14.4 Å². The number of ketones is 1. The third-order valence-corrected chi connectivity index (χ3v) is 5.62. The zero-order valence-electron chi connectivity index (χ0n) is 16.7. The molecule has 5 heteroatoms. The van der Waals surface area contributed by atoms with Crippen LogP contribution in [0.5, 0.6) is 0 Å². The monoisotopic (exact) mass is 371 g/mol. The largest absolute Gasteiger partial charge is 0.454 e. The number of allylic oxidation sites excluding steroid dienone is 1. The first-order valence-corrected chi connectivity index (χ1v) is 9.71. The molecule has 146 valence electrons. The first-order chi connectivity index (χ1) is 12.8. The maximum atomic E-state index is 12.7. The van der Waals surface area contributed by atoms with Crippen LogP contribution < -0.4 is 4.90 Å². The number of fused-ring (bicyclic) bond motifs is 1. The molecule has 3 rings (SSSR count). The SMILES string of the molecule is CC(OC(=O)CCC1CCCO1)C(=O)C=C1N(C)c2ccccc2C1(C)C. The van der Waals surface area contributed by atoms with Gasteiger partial charge in [0.05, 0.1) is 6.10 Å². The Bertz CT molecular complexity index is 746. The van der Waals surface area contributed by atoms with Gasteiger partial charge in [0.15, 0.2) is 11.9 Å². The molecule has 27 heavy (non-hydrogen) atoms. The number of rotatable bonds is 6. The molecule has 5 nitrogen and oxygen atoms in total. The van der Waals surface area contributed by atoms with Gasteiger partial charge in [-0.25, -0.2) is 0 Å². The van der Waals surface area contributed by atoms with Gasteiger partial charge in [-0.3, -0.25) is 9.59 Å². The highest BCUT2D eigenvalue weighted by Gasteiger charge is 2.39. The van der Waals surface area contributed by atoms with Crippen molar-refractivity contribution in [3.8, 4) is 0 Å². The molecule has 2 atom stereocenters. The zero-order valence-corrected chi connectivity index (χ0v) is 16.7. The molecule has 1 aromatic carbocycles. The van der Waals surface area contributed by atoms with E-state index in [1.165, 1.54) is 5.56 Å². The van der Waals surface area contributed by atoms with E-state index in [9.17, 15) is 9.59 Å². The number of hydrogen-bond donors (Lipinski definition) is 0. The Balaban J connectivity index is 1.62. The normalized spacial score (nSPS) is 23.3. The second-order valence-corrected chi connectivity index (χ2v) is 7.94. The lowest BCUT2D eigenvalue weighted by molar-refractivity contribution is -0.153. The van der Waals surface area contributed by atoms with E-state index in [2.05, 4.69) is 26.0 Å². The number of hydrogen-bond acceptors (Lipinski definition) is 5. The van der Waals surface area contributed by atoms with E-state index in [1.807, 2.05) is 24.1 Å². The summed E-state index contributed by atoms with van der Waals surface area (Å²) in [5.74, 6) is -0.532. The van der Waals surface area contributed by atoms with Gasteiger partial charge in [0, 0.05) is 43.0 Å². The molecule has 0 bridgehead atoms. The Hall–Kier alpha value is -2.14. The molecule has 2 aliphatic rings. The average molecular weight is 371 g/mol. The summed E-state index contributed by atoms with van der Waals surface area (Å²) >= 11 is 0. The van der Waals surface area contributed by atoms with Crippen molar-refractivity contribution in [2.24, 2.45) is 0 Å². The van der Waals surface area contributed by atoms with Crippen molar-refractivity contribution < 1.29 is 19.1 Å². The molecule has 2 unspecified atom stereocenters. The van der Waals surface area contributed by atoms with Crippen LogP contribution in [0.25, 0.3) is 0 Å². The summed E-state index contributed by atoms with van der Waals surface area (Å²) < 4.78 is 10.9. The lowest BCUT2D eigenvalue weighted by Gasteiger charge is -2.24. The molecular weight excluding hydrogens is 342 g/mol. The van der Waals surface area contributed by atoms with Crippen LogP contribution in [0.4, 0.5) is 5.69 Å². The number of anilines is 1. The van der Waals surface area contributed by atoms with Gasteiger partial charge in [0.2, 0.25) is 0 Å². The predicted octanol–water partition coefficient (Wildman–Crippen LogP) is 3.76. The van der Waals surface area contributed by atoms with E-state index in [1.54, 1.807) is 13.0 Å². The van der Waals surface area contributed by atoms with E-state index in [-0.39, 0.29) is 29.7 Å². The molecule has 0 aromatic heterocycles. The minimum absolute atomic E-state index is 0.150. The van der Waals surface area contributed by atoms with Crippen molar-refractivity contribution in [2.75, 3.05) is 18.6 Å². The van der Waals surface area contributed by atoms with Gasteiger partial charge in [0.1, 0.15) is 0 Å². The van der Waals surface area contributed by atoms with E-state index < -0.39 is 6.10 Å². The highest BCUT2D eigenvalue weighted by molar-refractivity contribution is 5.96. The fourth-order valence-corrected chi connectivity index (χ4v) is 3.98. The van der Waals surface area contributed by atoms with Gasteiger partial charge in [-0.1, -0.05) is 32.0 Å². The van der Waals surface area contributed by atoms with E-state index in [4.69, 9.17) is 9.47 Å². The molecule has 1 aromatic rings. The molecule has 0 N–H and O–H groups in total. The van der Waals surface area contributed by atoms with Crippen molar-refractivity contribution in [2.45, 2.75) is 64.1 Å². The van der Waals surface area contributed by atoms with E-state index in [0.29, 0.717) is 6.42 Å². The van der Waals surface area contributed by atoms with Crippen molar-refractivity contribution in [3.63, 3.8) is 0 Å². The molecule has 1 saturated heterocycles. The van der Waals surface area contributed by atoms with Crippen LogP contribution in [0.2, 0.25) is 0 Å². The summed E-state index contributed by atoms with van der Waals surface area (Å²) in [6.45, 7) is 6.62. The topological polar surface area (TPSA) is 55.8 Å². The summed E-state index contributed by atoms with van der Waals surface area (Å²) in [5.41, 5.74) is 2.93. The van der Waals surface area contributed by atoms with Crippen molar-refractivity contribution in [3.05, 3.63) is 41.6 Å². The van der Waals surface area contributed by atoms with Crippen molar-refractivity contribution in [1.82, 2.24) is 0 Å². The van der Waals surface area contributed by atoms with Gasteiger partial charge in [-0.2, -0.15) is 0 Å². The van der Waals surface area contributed by atoms with Crippen LogP contribution in [0.15, 0.2) is 36.0 Å². The number of likely N-dealkylation sites (N-methyl/N-ethyl adjacent to an activating group) is 1. The van der Waals surface area contributed by atoms with Crippen molar-refractivity contribution in [1.29, 1.82) is 0 Å². The molecule has 0 radical (unpaired) electrons. The predicted molar refractivity (Wildman–Crippen MR) is 105 cm³/mol. The molecule has 0 amide bonds. The molecule has 0 spiro atoms. The van der Waals surface area contributed by atoms with Crippen LogP contribution in [-0.2, 0) is 24.5 Å². The Labute approximate surface area is 161 Å². The molecule has 1 fully saturated rings. The summed E-state index contributed by atoms with van der Waals surface area (Å²) in [5, 5.41) is 0. The minimum atomic E-state index is -0.789. The van der Waals surface area contributed by atoms with Crippen LogP contribution in [-0.4, -0.2) is 37.6 Å². The summed E-state index contributed by atoms with van der Waals surface area (Å²) in [4.78, 5) is 26.8. The fourth-order valence-electron chi connectivity index (χ4n) is 3.98. The standard InChI is InChI=1S/C22H29NO4/c1-15(27-21(25)12-11-16-8-7-13-26-16)19(24)14-20-22(2,3)17-9-5-6-10-18(17)23(20)4/h5-6,9-10,14-16H,7-8,11-13H2,1-4H3. The lowest BCUT2D eigenvalue weighted by atomic mass is 9.83. The zero-order chi connectivity index (χ0) is 19.6. The Morgan fingerprint density at radius 3 is 2.78 bits per heavy atom. The smallest absolute Gasteiger partial charge is 0.306 e. The van der Waals surface area contributed by atoms with Crippen LogP contribution in [0.1, 0.15) is 52.0 Å². The quantitative estimate of drug-likeness (QED) is 0.563. The number of para-hydroxylation sites is 1. The number of ether oxygens (including phenoxy) is 2. The third kappa shape index (κ3) is 4.08. The summed E-state index contributed by atoms with van der Waals surface area (Å²) in [7, 11) is 1.96. The van der Waals surface area contributed by atoms with Gasteiger partial charge in [-0.15, -0.1) is 0 Å². The average Bonchev–Trinajstić information content (AvgIpc) is 3.22. The highest BCUT2D eigenvalue weighted by atomic mass is 16.5. The van der Waals surface area contributed by atoms with Crippen molar-refractivity contribution >= 4 is 17.4 Å². The fraction of sp³-hybridized carbons (Fsp3) is 0.545. The van der Waals surface area contributed by atoms with Gasteiger partial charge in [0.25, 0.3) is 0 Å². The second kappa shape index (κ2) is 7.85. The van der Waals surface area contributed by atoms with Crippen LogP contribution in [0, 0.1) is 0 Å². The number of esters is 1. The summed E-state index contributed by atoms with van der Waals surface area (Å²) in [6, 6.07) is 8.15. The first-order valence-electron chi connectivity index (χ1n) is 9.71. The number of carbonyl (C=O) groups is 2. The Kier molecular flexibility index (Phi) is 5.70. The van der Waals surface area contributed by atoms with Crippen LogP contribution >= 0.6 is 0 Å². The molecule has 0 aliphatic carbocycles. The molecule has 2 heterocycles. The van der Waals surface area contributed by atoms with Gasteiger partial charge >= 0.3 is 5.97 Å². The summed E-state index contributed by atoms with van der Waals surface area (Å²) in [6.07, 6.45) is 3.98. The number of carbonyl (C=O) groups excluding carboxylic acids is 2. The maximum Gasteiger partial charge on any atom is 0.306 e. The Morgan fingerprint density at radius 2 is 2.11 bits per heavy atom. The maximum absolute atomic E-state index is 12.7. The van der Waals surface area contributed by atoms with E-state index in [0.717, 1.165) is 30.8 Å². The van der Waals surface area contributed by atoms with Gasteiger partial charge in [-0.05, 0) is 37.8 Å². The number of nitrogens with zero attached hydrogens (tertiary/aromatic N) is 1. The molecule has 0 saturated carbocycles. The first kappa shape index (κ1) is 19.6. The lowest BCUT2D eigenvalue weighted by Crippen LogP contribution is -2.28. The minimum Gasteiger partial charge on any atom is -0.454 e. The highest BCUT2D eigenvalue weighted by Crippen LogP contribution is 2.46. The third-order valence-electron chi connectivity index (χ3n) is 5.62. The molecular formula is C22H29NO4. The Morgan fingerprint density at radius 1 is 1.37 bits per heavy atom. The second-order valence-electron chi connectivity index (χ2n) is 7.94. The molecule has 2 aliphatic heterocycles. The van der Waals surface area contributed by atoms with Crippen LogP contribution in [0.3, 0.4) is 0 Å². The number of benzene rings is 1.